The van der Waals surface area contributed by atoms with Crippen molar-refractivity contribution in [3.05, 3.63) is 46.3 Å². The summed E-state index contributed by atoms with van der Waals surface area (Å²) in [5, 5.41) is 3.71. The predicted molar refractivity (Wildman–Crippen MR) is 59.7 cm³/mol. The first-order valence-corrected chi connectivity index (χ1v) is 5.34. The van der Waals surface area contributed by atoms with E-state index in [2.05, 4.69) is 21.1 Å². The molecule has 0 saturated heterocycles. The molecule has 2 aromatic rings. The van der Waals surface area contributed by atoms with Gasteiger partial charge in [0.25, 0.3) is 0 Å². The molecule has 0 aliphatic carbocycles. The molecule has 0 N–H and O–H groups in total. The normalized spacial score (nSPS) is 10.3. The van der Waals surface area contributed by atoms with E-state index in [0.29, 0.717) is 17.0 Å². The number of hydrogen-bond donors (Lipinski definition) is 0. The molecule has 0 radical (unpaired) electrons. The highest BCUT2D eigenvalue weighted by molar-refractivity contribution is 9.10. The van der Waals surface area contributed by atoms with Gasteiger partial charge in [-0.05, 0) is 34.5 Å². The molecule has 4 heteroatoms. The molecule has 0 atom stereocenters. The maximum Gasteiger partial charge on any atom is 0.175 e. The zero-order chi connectivity index (χ0) is 10.7. The van der Waals surface area contributed by atoms with E-state index in [4.69, 9.17) is 9.26 Å². The van der Waals surface area contributed by atoms with Gasteiger partial charge in [0.2, 0.25) is 0 Å². The Labute approximate surface area is 96.2 Å². The number of benzene rings is 1. The molecule has 1 aromatic heterocycles. The molecule has 1 aromatic carbocycles. The van der Waals surface area contributed by atoms with Gasteiger partial charge in [-0.25, -0.2) is 0 Å². The van der Waals surface area contributed by atoms with Gasteiger partial charge < -0.3 is 9.26 Å². The number of aryl methyl sites for hydroxylation is 1. The molecule has 78 valence electrons. The summed E-state index contributed by atoms with van der Waals surface area (Å²) in [7, 11) is 0. The molecule has 1 heterocycles. The Hall–Kier alpha value is -1.29. The zero-order valence-corrected chi connectivity index (χ0v) is 9.82. The Balaban J connectivity index is 2.02. The van der Waals surface area contributed by atoms with Gasteiger partial charge in [0.1, 0.15) is 17.0 Å². The second-order valence-corrected chi connectivity index (χ2v) is 3.98. The summed E-state index contributed by atoms with van der Waals surface area (Å²) in [6.45, 7) is 2.40. The van der Waals surface area contributed by atoms with E-state index in [1.807, 2.05) is 31.2 Å². The smallest absolute Gasteiger partial charge is 0.175 e. The average Bonchev–Trinajstić information content (AvgIpc) is 2.63. The third-order valence-corrected chi connectivity index (χ3v) is 2.37. The van der Waals surface area contributed by atoms with Crippen molar-refractivity contribution < 1.29 is 9.26 Å². The fraction of sp³-hybridized carbons (Fsp3) is 0.182. The molecular formula is C11H10BrNO2. The summed E-state index contributed by atoms with van der Waals surface area (Å²) in [4.78, 5) is 0. The number of nitrogens with zero attached hydrogens (tertiary/aromatic N) is 1. The van der Waals surface area contributed by atoms with Gasteiger partial charge in [-0.3, -0.25) is 0 Å². The summed E-state index contributed by atoms with van der Waals surface area (Å²) in [6.07, 6.45) is 0. The third-order valence-electron chi connectivity index (χ3n) is 1.99. The summed E-state index contributed by atoms with van der Waals surface area (Å²) >= 11 is 3.21. The van der Waals surface area contributed by atoms with Crippen LogP contribution in [0.2, 0.25) is 0 Å². The van der Waals surface area contributed by atoms with Crippen LogP contribution in [0.3, 0.4) is 0 Å². The third kappa shape index (κ3) is 2.59. The van der Waals surface area contributed by atoms with Crippen molar-refractivity contribution in [2.75, 3.05) is 0 Å². The quantitative estimate of drug-likeness (QED) is 0.856. The monoisotopic (exact) mass is 267 g/mol. The number of aromatic nitrogens is 1. The fourth-order valence-electron chi connectivity index (χ4n) is 1.22. The molecule has 2 rings (SSSR count). The van der Waals surface area contributed by atoms with E-state index in [1.165, 1.54) is 0 Å². The van der Waals surface area contributed by atoms with Crippen LogP contribution in [0.5, 0.6) is 5.75 Å². The minimum absolute atomic E-state index is 0.392. The van der Waals surface area contributed by atoms with Crippen LogP contribution in [0.4, 0.5) is 0 Å². The second kappa shape index (κ2) is 4.49. The van der Waals surface area contributed by atoms with Gasteiger partial charge in [-0.2, -0.15) is 0 Å². The fourth-order valence-corrected chi connectivity index (χ4v) is 1.55. The van der Waals surface area contributed by atoms with E-state index >= 15 is 0 Å². The number of hydrogen-bond acceptors (Lipinski definition) is 3. The molecule has 0 saturated carbocycles. The van der Waals surface area contributed by atoms with Crippen LogP contribution in [0.1, 0.15) is 11.3 Å². The first kappa shape index (κ1) is 10.2. The van der Waals surface area contributed by atoms with E-state index in [1.54, 1.807) is 6.07 Å². The van der Waals surface area contributed by atoms with E-state index in [0.717, 1.165) is 11.3 Å². The zero-order valence-electron chi connectivity index (χ0n) is 8.24. The first-order chi connectivity index (χ1) is 7.25. The number of ether oxygens (including phenoxy) is 1. The van der Waals surface area contributed by atoms with Crippen molar-refractivity contribution in [3.8, 4) is 5.75 Å². The van der Waals surface area contributed by atoms with Crippen molar-refractivity contribution >= 4 is 15.9 Å². The van der Waals surface area contributed by atoms with Crippen LogP contribution in [-0.4, -0.2) is 5.16 Å². The van der Waals surface area contributed by atoms with Gasteiger partial charge >= 0.3 is 0 Å². The number of para-hydroxylation sites is 1. The predicted octanol–water partition coefficient (Wildman–Crippen LogP) is 3.32. The minimum Gasteiger partial charge on any atom is -0.485 e. The van der Waals surface area contributed by atoms with E-state index < -0.39 is 0 Å². The lowest BCUT2D eigenvalue weighted by Gasteiger charge is -2.05. The van der Waals surface area contributed by atoms with Crippen LogP contribution >= 0.6 is 15.9 Å². The van der Waals surface area contributed by atoms with Gasteiger partial charge in [0.15, 0.2) is 5.76 Å². The van der Waals surface area contributed by atoms with Crippen molar-refractivity contribution in [1.82, 2.24) is 5.16 Å². The van der Waals surface area contributed by atoms with Crippen molar-refractivity contribution in [3.63, 3.8) is 0 Å². The highest BCUT2D eigenvalue weighted by atomic mass is 79.9. The molecule has 0 amide bonds. The molecule has 0 aliphatic heterocycles. The maximum atomic E-state index is 5.58. The van der Waals surface area contributed by atoms with E-state index in [-0.39, 0.29) is 0 Å². The van der Waals surface area contributed by atoms with E-state index in [9.17, 15) is 0 Å². The van der Waals surface area contributed by atoms with Gasteiger partial charge in [0, 0.05) is 6.07 Å². The van der Waals surface area contributed by atoms with Crippen molar-refractivity contribution in [2.45, 2.75) is 13.5 Å². The Morgan fingerprint density at radius 3 is 2.87 bits per heavy atom. The van der Waals surface area contributed by atoms with Gasteiger partial charge in [-0.1, -0.05) is 23.4 Å². The molecule has 0 unspecified atom stereocenters. The van der Waals surface area contributed by atoms with Gasteiger partial charge in [-0.15, -0.1) is 0 Å². The topological polar surface area (TPSA) is 35.3 Å². The Morgan fingerprint density at radius 2 is 2.20 bits per heavy atom. The lowest BCUT2D eigenvalue weighted by atomic mass is 10.2. The van der Waals surface area contributed by atoms with Crippen LogP contribution in [0.25, 0.3) is 0 Å². The molecular weight excluding hydrogens is 258 g/mol. The Morgan fingerprint density at radius 1 is 1.40 bits per heavy atom. The number of halogens is 1. The molecule has 0 bridgehead atoms. The van der Waals surface area contributed by atoms with Crippen molar-refractivity contribution in [1.29, 1.82) is 0 Å². The largest absolute Gasteiger partial charge is 0.485 e. The summed E-state index contributed by atoms with van der Waals surface area (Å²) in [5.41, 5.74) is 1.11. The Kier molecular flexibility index (Phi) is 3.06. The molecule has 0 fully saturated rings. The lowest BCUT2D eigenvalue weighted by Crippen LogP contribution is -1.95. The Bertz CT molecular complexity index is 453. The highest BCUT2D eigenvalue weighted by Crippen LogP contribution is 2.18. The SMILES string of the molecule is Cc1ccccc1OCc1cc(Br)no1. The average molecular weight is 268 g/mol. The van der Waals surface area contributed by atoms with Crippen LogP contribution in [0.15, 0.2) is 39.5 Å². The lowest BCUT2D eigenvalue weighted by molar-refractivity contribution is 0.247. The summed E-state index contributed by atoms with van der Waals surface area (Å²) in [6, 6.07) is 9.65. The molecule has 0 spiro atoms. The molecule has 3 nitrogen and oxygen atoms in total. The van der Waals surface area contributed by atoms with Gasteiger partial charge in [0.05, 0.1) is 0 Å². The standard InChI is InChI=1S/C11H10BrNO2/c1-8-4-2-3-5-10(8)14-7-9-6-11(12)13-15-9/h2-6H,7H2,1H3. The first-order valence-electron chi connectivity index (χ1n) is 4.55. The minimum atomic E-state index is 0.392. The molecule has 0 aliphatic rings. The van der Waals surface area contributed by atoms with Crippen LogP contribution in [-0.2, 0) is 6.61 Å². The highest BCUT2D eigenvalue weighted by Gasteiger charge is 2.03. The summed E-state index contributed by atoms with van der Waals surface area (Å²) < 4.78 is 11.3. The summed E-state index contributed by atoms with van der Waals surface area (Å²) in [5.74, 6) is 1.56. The van der Waals surface area contributed by atoms with Crippen LogP contribution < -0.4 is 4.74 Å². The number of rotatable bonds is 3. The maximum absolute atomic E-state index is 5.58. The second-order valence-electron chi connectivity index (χ2n) is 3.17. The van der Waals surface area contributed by atoms with Crippen LogP contribution in [0, 0.1) is 6.92 Å². The molecule has 15 heavy (non-hydrogen) atoms. The van der Waals surface area contributed by atoms with Crippen molar-refractivity contribution in [2.24, 2.45) is 0 Å².